The number of ether oxygens (including phenoxy) is 2. The highest BCUT2D eigenvalue weighted by molar-refractivity contribution is 5.72. The highest BCUT2D eigenvalue weighted by Crippen LogP contribution is 2.31. The quantitative estimate of drug-likeness (QED) is 0.770. The van der Waals surface area contributed by atoms with Gasteiger partial charge in [-0.05, 0) is 70.7 Å². The number of carbonyl (C=O) groups excluding carboxylic acids is 1. The highest BCUT2D eigenvalue weighted by Gasteiger charge is 2.30. The van der Waals surface area contributed by atoms with Crippen LogP contribution in [0, 0.1) is 12.8 Å². The highest BCUT2D eigenvalue weighted by atomic mass is 16.5. The lowest BCUT2D eigenvalue weighted by Gasteiger charge is -2.29. The van der Waals surface area contributed by atoms with Gasteiger partial charge >= 0.3 is 5.97 Å². The SMILES string of the molecule is Cc1noc(-c2ccc(O[C@H]3CCC[C@H](C(=O)OC(C)C)C3)cc2)c1CO. The molecule has 1 heterocycles. The van der Waals surface area contributed by atoms with E-state index in [1.807, 2.05) is 38.1 Å². The monoisotopic (exact) mass is 373 g/mol. The molecule has 2 atom stereocenters. The number of aliphatic hydroxyl groups is 1. The number of nitrogens with zero attached hydrogens (tertiary/aromatic N) is 1. The Kier molecular flexibility index (Phi) is 6.16. The van der Waals surface area contributed by atoms with E-state index < -0.39 is 0 Å². The van der Waals surface area contributed by atoms with Crippen LogP contribution < -0.4 is 4.74 Å². The van der Waals surface area contributed by atoms with Gasteiger partial charge in [-0.15, -0.1) is 0 Å². The van der Waals surface area contributed by atoms with E-state index in [0.29, 0.717) is 23.4 Å². The van der Waals surface area contributed by atoms with Gasteiger partial charge in [0.1, 0.15) is 5.75 Å². The normalized spacial score (nSPS) is 19.9. The molecule has 0 bridgehead atoms. The van der Waals surface area contributed by atoms with Crippen molar-refractivity contribution in [2.45, 2.75) is 65.3 Å². The molecular formula is C21H27NO5. The maximum atomic E-state index is 12.2. The molecule has 1 saturated carbocycles. The van der Waals surface area contributed by atoms with E-state index in [9.17, 15) is 9.90 Å². The minimum absolute atomic E-state index is 0.00911. The first kappa shape index (κ1) is 19.4. The zero-order valence-electron chi connectivity index (χ0n) is 16.1. The first-order valence-electron chi connectivity index (χ1n) is 9.51. The van der Waals surface area contributed by atoms with Crippen LogP contribution in [-0.4, -0.2) is 28.4 Å². The predicted octanol–water partition coefficient (Wildman–Crippen LogP) is 4.03. The number of carbonyl (C=O) groups is 1. The van der Waals surface area contributed by atoms with E-state index >= 15 is 0 Å². The van der Waals surface area contributed by atoms with Crippen molar-refractivity contribution in [2.24, 2.45) is 5.92 Å². The van der Waals surface area contributed by atoms with Crippen LogP contribution in [0.15, 0.2) is 28.8 Å². The van der Waals surface area contributed by atoms with Gasteiger partial charge in [-0.2, -0.15) is 0 Å². The van der Waals surface area contributed by atoms with Crippen molar-refractivity contribution in [3.63, 3.8) is 0 Å². The summed E-state index contributed by atoms with van der Waals surface area (Å²) in [6, 6.07) is 7.54. The fraction of sp³-hybridized carbons (Fsp3) is 0.524. The molecule has 6 heteroatoms. The van der Waals surface area contributed by atoms with Gasteiger partial charge < -0.3 is 19.1 Å². The van der Waals surface area contributed by atoms with E-state index in [4.69, 9.17) is 14.0 Å². The zero-order chi connectivity index (χ0) is 19.4. The molecule has 0 aliphatic heterocycles. The number of rotatable bonds is 6. The molecule has 27 heavy (non-hydrogen) atoms. The maximum absolute atomic E-state index is 12.2. The Morgan fingerprint density at radius 2 is 2.04 bits per heavy atom. The Balaban J connectivity index is 1.63. The Morgan fingerprint density at radius 3 is 2.70 bits per heavy atom. The largest absolute Gasteiger partial charge is 0.490 e. The molecule has 0 spiro atoms. The molecule has 146 valence electrons. The molecule has 0 radical (unpaired) electrons. The van der Waals surface area contributed by atoms with Gasteiger partial charge in [-0.3, -0.25) is 4.79 Å². The van der Waals surface area contributed by atoms with Crippen LogP contribution in [0.2, 0.25) is 0 Å². The topological polar surface area (TPSA) is 81.8 Å². The second-order valence-corrected chi connectivity index (χ2v) is 7.35. The lowest BCUT2D eigenvalue weighted by molar-refractivity contribution is -0.154. The first-order chi connectivity index (χ1) is 13.0. The number of aromatic nitrogens is 1. The number of aryl methyl sites for hydroxylation is 1. The fourth-order valence-electron chi connectivity index (χ4n) is 3.47. The van der Waals surface area contributed by atoms with E-state index in [1.165, 1.54) is 0 Å². The summed E-state index contributed by atoms with van der Waals surface area (Å²) in [5, 5.41) is 13.4. The van der Waals surface area contributed by atoms with Crippen LogP contribution in [0.1, 0.15) is 50.8 Å². The molecule has 1 aromatic heterocycles. The molecule has 1 fully saturated rings. The molecule has 1 aliphatic carbocycles. The number of esters is 1. The number of hydrogen-bond acceptors (Lipinski definition) is 6. The second kappa shape index (κ2) is 8.57. The summed E-state index contributed by atoms with van der Waals surface area (Å²) in [5.74, 6) is 1.12. The van der Waals surface area contributed by atoms with Crippen molar-refractivity contribution in [3.8, 4) is 17.1 Å². The predicted molar refractivity (Wildman–Crippen MR) is 100 cm³/mol. The Hall–Kier alpha value is -2.34. The van der Waals surface area contributed by atoms with Gasteiger partial charge in [-0.25, -0.2) is 0 Å². The summed E-state index contributed by atoms with van der Waals surface area (Å²) in [7, 11) is 0. The number of benzene rings is 1. The zero-order valence-corrected chi connectivity index (χ0v) is 16.1. The fourth-order valence-corrected chi connectivity index (χ4v) is 3.47. The molecule has 0 saturated heterocycles. The summed E-state index contributed by atoms with van der Waals surface area (Å²) in [5.41, 5.74) is 2.23. The van der Waals surface area contributed by atoms with Gasteiger partial charge in [0.15, 0.2) is 5.76 Å². The lowest BCUT2D eigenvalue weighted by Crippen LogP contribution is -2.31. The Labute approximate surface area is 159 Å². The summed E-state index contributed by atoms with van der Waals surface area (Å²) >= 11 is 0. The van der Waals surface area contributed by atoms with E-state index in [0.717, 1.165) is 30.6 Å². The van der Waals surface area contributed by atoms with Gasteiger partial charge in [0.25, 0.3) is 0 Å². The van der Waals surface area contributed by atoms with Crippen molar-refractivity contribution in [3.05, 3.63) is 35.5 Å². The van der Waals surface area contributed by atoms with Crippen LogP contribution in [0.25, 0.3) is 11.3 Å². The van der Waals surface area contributed by atoms with E-state index in [1.54, 1.807) is 6.92 Å². The third-order valence-electron chi connectivity index (χ3n) is 4.87. The van der Waals surface area contributed by atoms with Gasteiger partial charge in [0.2, 0.25) is 0 Å². The van der Waals surface area contributed by atoms with Crippen LogP contribution in [0.5, 0.6) is 5.75 Å². The third kappa shape index (κ3) is 4.69. The maximum Gasteiger partial charge on any atom is 0.309 e. The van der Waals surface area contributed by atoms with Gasteiger partial charge in [0, 0.05) is 11.1 Å². The molecule has 3 rings (SSSR count). The van der Waals surface area contributed by atoms with Crippen molar-refractivity contribution in [2.75, 3.05) is 0 Å². The average Bonchev–Trinajstić information content (AvgIpc) is 3.02. The van der Waals surface area contributed by atoms with Crippen LogP contribution in [0.3, 0.4) is 0 Å². The smallest absolute Gasteiger partial charge is 0.309 e. The molecular weight excluding hydrogens is 346 g/mol. The Morgan fingerprint density at radius 1 is 1.30 bits per heavy atom. The van der Waals surface area contributed by atoms with Crippen molar-refractivity contribution >= 4 is 5.97 Å². The molecule has 6 nitrogen and oxygen atoms in total. The minimum atomic E-state index is -0.120. The molecule has 1 N–H and O–H groups in total. The summed E-state index contributed by atoms with van der Waals surface area (Å²) in [6.45, 7) is 5.43. The lowest BCUT2D eigenvalue weighted by atomic mass is 9.87. The molecule has 1 aliphatic rings. The number of aliphatic hydroxyl groups excluding tert-OH is 1. The number of hydrogen-bond donors (Lipinski definition) is 1. The van der Waals surface area contributed by atoms with E-state index in [-0.39, 0.29) is 30.7 Å². The van der Waals surface area contributed by atoms with Crippen molar-refractivity contribution in [1.82, 2.24) is 5.16 Å². The van der Waals surface area contributed by atoms with E-state index in [2.05, 4.69) is 5.16 Å². The summed E-state index contributed by atoms with van der Waals surface area (Å²) in [4.78, 5) is 12.2. The third-order valence-corrected chi connectivity index (χ3v) is 4.87. The van der Waals surface area contributed by atoms with Crippen LogP contribution in [0.4, 0.5) is 0 Å². The molecule has 2 aromatic rings. The minimum Gasteiger partial charge on any atom is -0.490 e. The first-order valence-corrected chi connectivity index (χ1v) is 9.51. The van der Waals surface area contributed by atoms with Gasteiger partial charge in [0.05, 0.1) is 30.4 Å². The summed E-state index contributed by atoms with van der Waals surface area (Å²) < 4.78 is 16.8. The second-order valence-electron chi connectivity index (χ2n) is 7.35. The molecule has 0 amide bonds. The summed E-state index contributed by atoms with van der Waals surface area (Å²) in [6.07, 6.45) is 3.35. The van der Waals surface area contributed by atoms with Gasteiger partial charge in [-0.1, -0.05) is 5.16 Å². The average molecular weight is 373 g/mol. The van der Waals surface area contributed by atoms with Crippen molar-refractivity contribution < 1.29 is 23.9 Å². The Bertz CT molecular complexity index is 765. The molecule has 0 unspecified atom stereocenters. The standard InChI is InChI=1S/C21H27NO5/c1-13(2)25-21(24)16-5-4-6-18(11-16)26-17-9-7-15(8-10-17)20-19(12-23)14(3)22-27-20/h7-10,13,16,18,23H,4-6,11-12H2,1-3H3/t16-,18-/m0/s1. The van der Waals surface area contributed by atoms with Crippen molar-refractivity contribution in [1.29, 1.82) is 0 Å². The van der Waals surface area contributed by atoms with Crippen LogP contribution >= 0.6 is 0 Å². The van der Waals surface area contributed by atoms with Crippen LogP contribution in [-0.2, 0) is 16.1 Å². The molecule has 1 aromatic carbocycles.